The second-order valence-corrected chi connectivity index (χ2v) is 3.75. The lowest BCUT2D eigenvalue weighted by Crippen LogP contribution is -2.21. The van der Waals surface area contributed by atoms with Crippen molar-refractivity contribution >= 4 is 0 Å². The van der Waals surface area contributed by atoms with E-state index in [9.17, 15) is 0 Å². The summed E-state index contributed by atoms with van der Waals surface area (Å²) >= 11 is 0. The Bertz CT molecular complexity index is 182. The quantitative estimate of drug-likeness (QED) is 0.418. The lowest BCUT2D eigenvalue weighted by Gasteiger charge is -2.37. The van der Waals surface area contributed by atoms with Gasteiger partial charge in [-0.1, -0.05) is 39.8 Å². The SMILES string of the molecule is CC(C)=[C-]C(C)C1C=CC1C. The Hall–Kier alpha value is -0.520. The molecule has 0 nitrogen and oxygen atoms in total. The standard InChI is InChI=1S/C11H17/c1-8(2)7-10(4)11-6-5-9(11)3/h5-6,9-11H,1-4H3/q-1. The first-order valence-corrected chi connectivity index (χ1v) is 4.36. The van der Waals surface area contributed by atoms with E-state index < -0.39 is 0 Å². The molecule has 0 fully saturated rings. The van der Waals surface area contributed by atoms with Gasteiger partial charge in [-0.15, -0.1) is 0 Å². The van der Waals surface area contributed by atoms with Crippen molar-refractivity contribution in [2.24, 2.45) is 17.8 Å². The van der Waals surface area contributed by atoms with Crippen LogP contribution in [0.3, 0.4) is 0 Å². The Morgan fingerprint density at radius 1 is 1.36 bits per heavy atom. The van der Waals surface area contributed by atoms with Gasteiger partial charge in [0, 0.05) is 0 Å². The number of hydrogen-bond donors (Lipinski definition) is 0. The van der Waals surface area contributed by atoms with Crippen LogP contribution in [-0.2, 0) is 0 Å². The van der Waals surface area contributed by atoms with Crippen LogP contribution < -0.4 is 0 Å². The topological polar surface area (TPSA) is 0 Å². The normalized spacial score (nSPS) is 30.9. The van der Waals surface area contributed by atoms with Crippen molar-refractivity contribution < 1.29 is 0 Å². The van der Waals surface area contributed by atoms with Gasteiger partial charge >= 0.3 is 0 Å². The van der Waals surface area contributed by atoms with Crippen LogP contribution in [0.4, 0.5) is 0 Å². The Kier molecular flexibility index (Phi) is 2.53. The summed E-state index contributed by atoms with van der Waals surface area (Å²) in [7, 11) is 0. The summed E-state index contributed by atoms with van der Waals surface area (Å²) in [6.07, 6.45) is 8.01. The molecule has 1 aliphatic rings. The van der Waals surface area contributed by atoms with Gasteiger partial charge < -0.3 is 6.08 Å². The Balaban J connectivity index is 2.49. The second kappa shape index (κ2) is 3.25. The maximum Gasteiger partial charge on any atom is -0.0220 e. The summed E-state index contributed by atoms with van der Waals surface area (Å²) in [4.78, 5) is 0. The predicted molar refractivity (Wildman–Crippen MR) is 49.1 cm³/mol. The van der Waals surface area contributed by atoms with Crippen molar-refractivity contribution in [1.82, 2.24) is 0 Å². The second-order valence-electron chi connectivity index (χ2n) is 3.75. The van der Waals surface area contributed by atoms with Crippen LogP contribution in [0.25, 0.3) is 0 Å². The highest BCUT2D eigenvalue weighted by Gasteiger charge is 2.18. The van der Waals surface area contributed by atoms with Crippen LogP contribution in [0.2, 0.25) is 0 Å². The molecule has 0 bridgehead atoms. The lowest BCUT2D eigenvalue weighted by molar-refractivity contribution is 0.367. The van der Waals surface area contributed by atoms with Crippen molar-refractivity contribution in [2.45, 2.75) is 27.7 Å². The third-order valence-electron chi connectivity index (χ3n) is 2.34. The molecule has 1 aliphatic carbocycles. The molecule has 0 spiro atoms. The minimum absolute atomic E-state index is 0.597. The highest BCUT2D eigenvalue weighted by atomic mass is 14.3. The van der Waals surface area contributed by atoms with E-state index in [1.807, 2.05) is 0 Å². The molecule has 11 heavy (non-hydrogen) atoms. The van der Waals surface area contributed by atoms with E-state index in [0.717, 1.165) is 11.8 Å². The maximum absolute atomic E-state index is 3.44. The van der Waals surface area contributed by atoms with Crippen molar-refractivity contribution in [2.75, 3.05) is 0 Å². The van der Waals surface area contributed by atoms with Crippen LogP contribution in [0.15, 0.2) is 17.7 Å². The Morgan fingerprint density at radius 3 is 2.27 bits per heavy atom. The monoisotopic (exact) mass is 149 g/mol. The zero-order chi connectivity index (χ0) is 8.43. The molecular formula is C11H17-. The average Bonchev–Trinajstić information content (AvgIpc) is 1.82. The van der Waals surface area contributed by atoms with Gasteiger partial charge in [0.05, 0.1) is 0 Å². The van der Waals surface area contributed by atoms with Gasteiger partial charge in [0.1, 0.15) is 0 Å². The zero-order valence-corrected chi connectivity index (χ0v) is 7.89. The molecule has 0 saturated heterocycles. The molecule has 0 heteroatoms. The molecule has 0 aromatic heterocycles. The predicted octanol–water partition coefficient (Wildman–Crippen LogP) is 3.21. The smallest absolute Gasteiger partial charge is 0.0220 e. The molecule has 0 amide bonds. The molecular weight excluding hydrogens is 132 g/mol. The first-order valence-electron chi connectivity index (χ1n) is 4.36. The highest BCUT2D eigenvalue weighted by Crippen LogP contribution is 2.32. The van der Waals surface area contributed by atoms with Crippen LogP contribution in [0.1, 0.15) is 27.7 Å². The maximum atomic E-state index is 3.44. The summed E-state index contributed by atoms with van der Waals surface area (Å²) in [5.41, 5.74) is 1.31. The van der Waals surface area contributed by atoms with E-state index in [1.54, 1.807) is 0 Å². The van der Waals surface area contributed by atoms with Crippen molar-refractivity contribution in [1.29, 1.82) is 0 Å². The van der Waals surface area contributed by atoms with E-state index in [1.165, 1.54) is 5.57 Å². The van der Waals surface area contributed by atoms with Crippen molar-refractivity contribution in [3.63, 3.8) is 0 Å². The molecule has 0 saturated carbocycles. The van der Waals surface area contributed by atoms with Gasteiger partial charge in [-0.25, -0.2) is 0 Å². The highest BCUT2D eigenvalue weighted by molar-refractivity contribution is 5.11. The van der Waals surface area contributed by atoms with Crippen LogP contribution in [0.5, 0.6) is 0 Å². The largest absolute Gasteiger partial charge is 0.494 e. The summed E-state index contributed by atoms with van der Waals surface area (Å²) in [5.74, 6) is 2.10. The molecule has 1 rings (SSSR count). The van der Waals surface area contributed by atoms with Crippen LogP contribution in [-0.4, -0.2) is 0 Å². The molecule has 0 N–H and O–H groups in total. The fourth-order valence-corrected chi connectivity index (χ4v) is 1.64. The van der Waals surface area contributed by atoms with Crippen molar-refractivity contribution in [3.05, 3.63) is 23.8 Å². The number of hydrogen-bond acceptors (Lipinski definition) is 0. The van der Waals surface area contributed by atoms with Gasteiger partial charge in [0.25, 0.3) is 0 Å². The van der Waals surface area contributed by atoms with Gasteiger partial charge in [0.15, 0.2) is 0 Å². The van der Waals surface area contributed by atoms with E-state index in [2.05, 4.69) is 45.9 Å². The Morgan fingerprint density at radius 2 is 2.00 bits per heavy atom. The molecule has 0 radical (unpaired) electrons. The molecule has 0 aliphatic heterocycles. The van der Waals surface area contributed by atoms with E-state index in [-0.39, 0.29) is 0 Å². The van der Waals surface area contributed by atoms with E-state index in [0.29, 0.717) is 5.92 Å². The molecule has 3 atom stereocenters. The molecule has 0 aromatic rings. The number of rotatable bonds is 2. The van der Waals surface area contributed by atoms with Gasteiger partial charge in [-0.05, 0) is 11.8 Å². The minimum atomic E-state index is 0.597. The summed E-state index contributed by atoms with van der Waals surface area (Å²) in [6, 6.07) is 0. The van der Waals surface area contributed by atoms with Crippen molar-refractivity contribution in [3.8, 4) is 0 Å². The molecule has 62 valence electrons. The number of allylic oxidation sites excluding steroid dienone is 4. The zero-order valence-electron chi connectivity index (χ0n) is 7.89. The third-order valence-corrected chi connectivity index (χ3v) is 2.34. The first-order chi connectivity index (χ1) is 5.11. The first kappa shape index (κ1) is 8.58. The fourth-order valence-electron chi connectivity index (χ4n) is 1.64. The van der Waals surface area contributed by atoms with E-state index in [4.69, 9.17) is 0 Å². The molecule has 0 heterocycles. The minimum Gasteiger partial charge on any atom is -0.494 e. The van der Waals surface area contributed by atoms with E-state index >= 15 is 0 Å². The summed E-state index contributed by atoms with van der Waals surface area (Å²) in [6.45, 7) is 8.75. The molecule has 3 unspecified atom stereocenters. The average molecular weight is 149 g/mol. The van der Waals surface area contributed by atoms with Gasteiger partial charge in [0.2, 0.25) is 0 Å². The van der Waals surface area contributed by atoms with Gasteiger partial charge in [-0.3, -0.25) is 5.57 Å². The summed E-state index contributed by atoms with van der Waals surface area (Å²) < 4.78 is 0. The van der Waals surface area contributed by atoms with Gasteiger partial charge in [-0.2, -0.15) is 5.92 Å². The molecule has 0 aromatic carbocycles. The summed E-state index contributed by atoms with van der Waals surface area (Å²) in [5, 5.41) is 0. The fraction of sp³-hybridized carbons (Fsp3) is 0.636. The lowest BCUT2D eigenvalue weighted by atomic mass is 9.75. The third kappa shape index (κ3) is 1.95. The van der Waals surface area contributed by atoms with Crippen LogP contribution in [0, 0.1) is 23.8 Å². The Labute approximate surface area is 70.0 Å². The van der Waals surface area contributed by atoms with Crippen LogP contribution >= 0.6 is 0 Å².